The van der Waals surface area contributed by atoms with Crippen molar-refractivity contribution in [3.05, 3.63) is 46.9 Å². The lowest BCUT2D eigenvalue weighted by atomic mass is 10.1. The van der Waals surface area contributed by atoms with E-state index >= 15 is 0 Å². The second kappa shape index (κ2) is 6.41. The number of rotatable bonds is 4. The van der Waals surface area contributed by atoms with Gasteiger partial charge in [-0.2, -0.15) is 0 Å². The van der Waals surface area contributed by atoms with E-state index in [9.17, 15) is 0 Å². The maximum Gasteiger partial charge on any atom is 0.237 e. The van der Waals surface area contributed by atoms with Crippen LogP contribution < -0.4 is 10.1 Å². The van der Waals surface area contributed by atoms with Crippen LogP contribution in [0, 0.1) is 6.92 Å². The summed E-state index contributed by atoms with van der Waals surface area (Å²) in [5.41, 5.74) is 1.93. The Labute approximate surface area is 130 Å². The zero-order valence-electron chi connectivity index (χ0n) is 12.8. The van der Waals surface area contributed by atoms with Crippen LogP contribution in [-0.2, 0) is 6.54 Å². The van der Waals surface area contributed by atoms with Crippen molar-refractivity contribution in [3.63, 3.8) is 0 Å². The molecule has 0 aliphatic heterocycles. The summed E-state index contributed by atoms with van der Waals surface area (Å²) in [5, 5.41) is 4.00. The predicted molar refractivity (Wildman–Crippen MR) is 84.9 cm³/mol. The van der Waals surface area contributed by atoms with Gasteiger partial charge < -0.3 is 10.1 Å². The summed E-state index contributed by atoms with van der Waals surface area (Å²) in [4.78, 5) is 8.62. The van der Waals surface area contributed by atoms with Gasteiger partial charge in [-0.05, 0) is 45.4 Å². The summed E-state index contributed by atoms with van der Waals surface area (Å²) in [6.07, 6.45) is 3.34. The fourth-order valence-electron chi connectivity index (χ4n) is 1.64. The number of benzene rings is 1. The molecular formula is C16H20ClN3O. The Morgan fingerprint density at radius 2 is 1.95 bits per heavy atom. The summed E-state index contributed by atoms with van der Waals surface area (Å²) in [7, 11) is 0. The average molecular weight is 306 g/mol. The number of hydrogen-bond acceptors (Lipinski definition) is 4. The van der Waals surface area contributed by atoms with Crippen LogP contribution in [0.15, 0.2) is 30.6 Å². The first-order chi connectivity index (χ1) is 9.83. The minimum absolute atomic E-state index is 0.0503. The van der Waals surface area contributed by atoms with Crippen LogP contribution >= 0.6 is 11.6 Å². The molecule has 21 heavy (non-hydrogen) atoms. The average Bonchev–Trinajstić information content (AvgIpc) is 2.41. The Balaban J connectivity index is 2.04. The highest BCUT2D eigenvalue weighted by molar-refractivity contribution is 6.30. The topological polar surface area (TPSA) is 47.0 Å². The first-order valence-electron chi connectivity index (χ1n) is 6.83. The predicted octanol–water partition coefficient (Wildman–Crippen LogP) is 4.12. The van der Waals surface area contributed by atoms with E-state index in [-0.39, 0.29) is 5.54 Å². The van der Waals surface area contributed by atoms with Crippen LogP contribution in [0.2, 0.25) is 5.02 Å². The van der Waals surface area contributed by atoms with Crippen molar-refractivity contribution < 1.29 is 4.74 Å². The van der Waals surface area contributed by atoms with E-state index < -0.39 is 0 Å². The quantitative estimate of drug-likeness (QED) is 0.923. The first-order valence-corrected chi connectivity index (χ1v) is 7.21. The Hall–Kier alpha value is -1.65. The van der Waals surface area contributed by atoms with Gasteiger partial charge in [0.1, 0.15) is 5.75 Å². The van der Waals surface area contributed by atoms with Gasteiger partial charge in [0, 0.05) is 17.1 Å². The van der Waals surface area contributed by atoms with Gasteiger partial charge in [0.15, 0.2) is 0 Å². The second-order valence-corrected chi connectivity index (χ2v) is 6.40. The molecule has 0 atom stereocenters. The Morgan fingerprint density at radius 1 is 1.19 bits per heavy atom. The highest BCUT2D eigenvalue weighted by Crippen LogP contribution is 2.26. The fourth-order valence-corrected chi connectivity index (χ4v) is 1.80. The van der Waals surface area contributed by atoms with E-state index in [1.165, 1.54) is 0 Å². The van der Waals surface area contributed by atoms with Gasteiger partial charge in [-0.25, -0.2) is 4.98 Å². The van der Waals surface area contributed by atoms with E-state index in [0.717, 1.165) is 11.3 Å². The van der Waals surface area contributed by atoms with E-state index in [2.05, 4.69) is 36.1 Å². The van der Waals surface area contributed by atoms with Crippen molar-refractivity contribution in [2.24, 2.45) is 0 Å². The minimum atomic E-state index is 0.0503. The highest BCUT2D eigenvalue weighted by atomic mass is 35.5. The largest absolute Gasteiger partial charge is 0.437 e. The van der Waals surface area contributed by atoms with E-state index in [1.54, 1.807) is 18.5 Å². The zero-order chi connectivity index (χ0) is 15.5. The summed E-state index contributed by atoms with van der Waals surface area (Å²) in [6.45, 7) is 8.97. The molecule has 0 aliphatic rings. The zero-order valence-corrected chi connectivity index (χ0v) is 13.5. The van der Waals surface area contributed by atoms with Gasteiger partial charge in [0.2, 0.25) is 5.88 Å². The third kappa shape index (κ3) is 4.99. The van der Waals surface area contributed by atoms with Gasteiger partial charge in [-0.15, -0.1) is 0 Å². The van der Waals surface area contributed by atoms with Gasteiger partial charge in [0.25, 0.3) is 0 Å². The van der Waals surface area contributed by atoms with Crippen LogP contribution in [-0.4, -0.2) is 15.5 Å². The molecule has 1 heterocycles. The van der Waals surface area contributed by atoms with Crippen molar-refractivity contribution in [2.45, 2.75) is 39.8 Å². The minimum Gasteiger partial charge on any atom is -0.437 e. The van der Waals surface area contributed by atoms with Crippen molar-refractivity contribution in [2.75, 3.05) is 0 Å². The van der Waals surface area contributed by atoms with Crippen molar-refractivity contribution in [1.82, 2.24) is 15.3 Å². The van der Waals surface area contributed by atoms with Gasteiger partial charge in [0.05, 0.1) is 18.1 Å². The van der Waals surface area contributed by atoms with E-state index in [0.29, 0.717) is 23.2 Å². The molecule has 1 aromatic heterocycles. The molecule has 2 rings (SSSR count). The number of nitrogens with zero attached hydrogens (tertiary/aromatic N) is 2. The Kier molecular flexibility index (Phi) is 4.80. The third-order valence-corrected chi connectivity index (χ3v) is 3.08. The van der Waals surface area contributed by atoms with Crippen LogP contribution in [0.25, 0.3) is 0 Å². The molecular weight excluding hydrogens is 286 g/mol. The standard InChI is InChI=1S/C16H20ClN3O/c1-11-5-6-12(17)7-14(11)21-15-10-18-13(8-19-15)9-20-16(2,3)4/h5-8,10,20H,9H2,1-4H3. The van der Waals surface area contributed by atoms with Gasteiger partial charge in [-0.1, -0.05) is 17.7 Å². The molecule has 5 heteroatoms. The van der Waals surface area contributed by atoms with Gasteiger partial charge in [-0.3, -0.25) is 4.98 Å². The SMILES string of the molecule is Cc1ccc(Cl)cc1Oc1cnc(CNC(C)(C)C)cn1. The number of hydrogen-bond donors (Lipinski definition) is 1. The van der Waals surface area contributed by atoms with Crippen LogP contribution in [0.3, 0.4) is 0 Å². The smallest absolute Gasteiger partial charge is 0.237 e. The van der Waals surface area contributed by atoms with Crippen molar-refractivity contribution >= 4 is 11.6 Å². The molecule has 1 aromatic carbocycles. The number of aryl methyl sites for hydroxylation is 1. The summed E-state index contributed by atoms with van der Waals surface area (Å²) in [6, 6.07) is 5.51. The molecule has 4 nitrogen and oxygen atoms in total. The molecule has 0 saturated heterocycles. The van der Waals surface area contributed by atoms with Crippen LogP contribution in [0.5, 0.6) is 11.6 Å². The molecule has 0 bridgehead atoms. The third-order valence-electron chi connectivity index (χ3n) is 2.85. The monoisotopic (exact) mass is 305 g/mol. The lowest BCUT2D eigenvalue weighted by molar-refractivity contribution is 0.418. The van der Waals surface area contributed by atoms with E-state index in [1.807, 2.05) is 19.1 Å². The second-order valence-electron chi connectivity index (χ2n) is 5.96. The Morgan fingerprint density at radius 3 is 2.57 bits per heavy atom. The maximum absolute atomic E-state index is 5.97. The first kappa shape index (κ1) is 15.7. The molecule has 112 valence electrons. The number of ether oxygens (including phenoxy) is 1. The molecule has 0 saturated carbocycles. The molecule has 0 aliphatic carbocycles. The fraction of sp³-hybridized carbons (Fsp3) is 0.375. The van der Waals surface area contributed by atoms with Crippen LogP contribution in [0.1, 0.15) is 32.0 Å². The lowest BCUT2D eigenvalue weighted by Gasteiger charge is -2.19. The molecule has 0 spiro atoms. The van der Waals surface area contributed by atoms with E-state index in [4.69, 9.17) is 16.3 Å². The lowest BCUT2D eigenvalue weighted by Crippen LogP contribution is -2.35. The van der Waals surface area contributed by atoms with Gasteiger partial charge >= 0.3 is 0 Å². The summed E-state index contributed by atoms with van der Waals surface area (Å²) < 4.78 is 5.71. The molecule has 0 amide bonds. The highest BCUT2D eigenvalue weighted by Gasteiger charge is 2.09. The van der Waals surface area contributed by atoms with Crippen molar-refractivity contribution in [3.8, 4) is 11.6 Å². The Bertz CT molecular complexity index is 606. The summed E-state index contributed by atoms with van der Waals surface area (Å²) >= 11 is 5.97. The summed E-state index contributed by atoms with van der Waals surface area (Å²) in [5.74, 6) is 1.15. The molecule has 0 radical (unpaired) electrons. The normalized spacial score (nSPS) is 11.5. The number of nitrogens with one attached hydrogen (secondary N) is 1. The van der Waals surface area contributed by atoms with Crippen LogP contribution in [0.4, 0.5) is 0 Å². The molecule has 0 unspecified atom stereocenters. The maximum atomic E-state index is 5.97. The van der Waals surface area contributed by atoms with Crippen molar-refractivity contribution in [1.29, 1.82) is 0 Å². The number of halogens is 1. The molecule has 1 N–H and O–H groups in total. The molecule has 0 fully saturated rings. The molecule has 2 aromatic rings. The number of aromatic nitrogens is 2.